The van der Waals surface area contributed by atoms with Crippen LogP contribution in [-0.4, -0.2) is 38.8 Å². The summed E-state index contributed by atoms with van der Waals surface area (Å²) in [5, 5.41) is 24.4. The number of nitrogens with one attached hydrogen (secondary N) is 1. The van der Waals surface area contributed by atoms with Crippen molar-refractivity contribution in [2.75, 3.05) is 13.7 Å². The lowest BCUT2D eigenvalue weighted by molar-refractivity contribution is -0.394. The van der Waals surface area contributed by atoms with Crippen molar-refractivity contribution in [1.82, 2.24) is 14.7 Å². The SMILES string of the molecule is COc1cccn2cc(CCNC(=O)c3cc([N+](=O)[O-])cc([N+](=O)[O-])c3)nc12. The van der Waals surface area contributed by atoms with Crippen LogP contribution in [-0.2, 0) is 6.42 Å². The molecule has 1 aromatic carbocycles. The zero-order valence-corrected chi connectivity index (χ0v) is 14.7. The molecule has 0 atom stereocenters. The van der Waals surface area contributed by atoms with Crippen LogP contribution in [0.4, 0.5) is 11.4 Å². The Bertz CT molecular complexity index is 1040. The number of nitrogens with zero attached hydrogens (tertiary/aromatic N) is 4. The Balaban J connectivity index is 1.71. The summed E-state index contributed by atoms with van der Waals surface area (Å²) in [5.74, 6) is -0.0326. The Hall–Kier alpha value is -4.02. The molecule has 1 amide bonds. The molecule has 2 aromatic heterocycles. The molecule has 2 heterocycles. The summed E-state index contributed by atoms with van der Waals surface area (Å²) >= 11 is 0. The van der Waals surface area contributed by atoms with Crippen LogP contribution < -0.4 is 10.1 Å². The molecule has 0 aliphatic heterocycles. The maximum Gasteiger partial charge on any atom is 0.277 e. The summed E-state index contributed by atoms with van der Waals surface area (Å²) in [4.78, 5) is 37.0. The van der Waals surface area contributed by atoms with E-state index in [1.54, 1.807) is 23.8 Å². The standard InChI is InChI=1S/C17H15N5O6/c1-28-15-3-2-6-20-10-12(19-16(15)20)4-5-18-17(23)11-7-13(21(24)25)9-14(8-11)22(26)27/h2-3,6-10H,4-5H2,1H3,(H,18,23). The molecule has 11 nitrogen and oxygen atoms in total. The van der Waals surface area contributed by atoms with E-state index in [4.69, 9.17) is 4.74 Å². The largest absolute Gasteiger partial charge is 0.493 e. The van der Waals surface area contributed by atoms with Crippen molar-refractivity contribution in [2.24, 2.45) is 0 Å². The van der Waals surface area contributed by atoms with Crippen LogP contribution >= 0.6 is 0 Å². The molecular formula is C17H15N5O6. The number of amides is 1. The maximum atomic E-state index is 12.3. The number of hydrogen-bond donors (Lipinski definition) is 1. The first kappa shape index (κ1) is 18.8. The monoisotopic (exact) mass is 385 g/mol. The third kappa shape index (κ3) is 3.87. The van der Waals surface area contributed by atoms with Gasteiger partial charge >= 0.3 is 0 Å². The highest BCUT2D eigenvalue weighted by Gasteiger charge is 2.19. The van der Waals surface area contributed by atoms with E-state index < -0.39 is 27.1 Å². The highest BCUT2D eigenvalue weighted by Crippen LogP contribution is 2.23. The van der Waals surface area contributed by atoms with Gasteiger partial charge in [-0.05, 0) is 12.1 Å². The molecule has 0 aliphatic carbocycles. The summed E-state index contributed by atoms with van der Waals surface area (Å²) in [5.41, 5.74) is 0.145. The molecule has 0 radical (unpaired) electrons. The minimum absolute atomic E-state index is 0.155. The molecule has 3 rings (SSSR count). The minimum atomic E-state index is -0.784. The molecule has 0 saturated carbocycles. The van der Waals surface area contributed by atoms with Crippen molar-refractivity contribution >= 4 is 22.9 Å². The Kier molecular flexibility index (Phi) is 5.16. The number of rotatable bonds is 7. The van der Waals surface area contributed by atoms with Gasteiger partial charge < -0.3 is 14.5 Å². The van der Waals surface area contributed by atoms with Gasteiger partial charge in [-0.15, -0.1) is 0 Å². The normalized spacial score (nSPS) is 10.6. The van der Waals surface area contributed by atoms with Crippen LogP contribution in [0.25, 0.3) is 5.65 Å². The fourth-order valence-corrected chi connectivity index (χ4v) is 2.66. The Morgan fingerprint density at radius 2 is 1.89 bits per heavy atom. The number of hydrogen-bond acceptors (Lipinski definition) is 7. The van der Waals surface area contributed by atoms with Gasteiger partial charge in [0.15, 0.2) is 11.4 Å². The third-order valence-corrected chi connectivity index (χ3v) is 3.97. The van der Waals surface area contributed by atoms with Gasteiger partial charge in [0.05, 0.1) is 34.3 Å². The summed E-state index contributed by atoms with van der Waals surface area (Å²) in [6.45, 7) is 0.196. The van der Waals surface area contributed by atoms with Crippen molar-refractivity contribution in [3.63, 3.8) is 0 Å². The first-order valence-electron chi connectivity index (χ1n) is 8.11. The number of carbonyl (C=O) groups is 1. The van der Waals surface area contributed by atoms with Crippen LogP contribution in [0.15, 0.2) is 42.7 Å². The van der Waals surface area contributed by atoms with Crippen LogP contribution in [0.3, 0.4) is 0 Å². The van der Waals surface area contributed by atoms with E-state index in [9.17, 15) is 25.0 Å². The van der Waals surface area contributed by atoms with Crippen molar-refractivity contribution in [1.29, 1.82) is 0 Å². The average molecular weight is 385 g/mol. The average Bonchev–Trinajstić information content (AvgIpc) is 3.10. The molecule has 0 aliphatic rings. The molecule has 0 saturated heterocycles. The summed E-state index contributed by atoms with van der Waals surface area (Å²) < 4.78 is 7.03. The van der Waals surface area contributed by atoms with Gasteiger partial charge in [-0.3, -0.25) is 25.0 Å². The van der Waals surface area contributed by atoms with E-state index in [0.29, 0.717) is 23.5 Å². The first-order chi connectivity index (χ1) is 13.4. The number of methoxy groups -OCH3 is 1. The Morgan fingerprint density at radius 3 is 2.50 bits per heavy atom. The van der Waals surface area contributed by atoms with Crippen LogP contribution in [0.5, 0.6) is 5.75 Å². The molecule has 28 heavy (non-hydrogen) atoms. The number of pyridine rings is 1. The van der Waals surface area contributed by atoms with Crippen molar-refractivity contribution in [3.8, 4) is 5.75 Å². The molecule has 0 spiro atoms. The smallest absolute Gasteiger partial charge is 0.277 e. The lowest BCUT2D eigenvalue weighted by Gasteiger charge is -2.04. The lowest BCUT2D eigenvalue weighted by atomic mass is 10.1. The van der Waals surface area contributed by atoms with Gasteiger partial charge in [0.1, 0.15) is 0 Å². The number of fused-ring (bicyclic) bond motifs is 1. The highest BCUT2D eigenvalue weighted by atomic mass is 16.6. The van der Waals surface area contributed by atoms with Crippen molar-refractivity contribution in [3.05, 3.63) is 74.2 Å². The lowest BCUT2D eigenvalue weighted by Crippen LogP contribution is -2.25. The minimum Gasteiger partial charge on any atom is -0.493 e. The van der Waals surface area contributed by atoms with Gasteiger partial charge in [-0.25, -0.2) is 4.98 Å². The number of benzene rings is 1. The number of carbonyl (C=O) groups excluding carboxylic acids is 1. The Morgan fingerprint density at radius 1 is 1.21 bits per heavy atom. The van der Waals surface area contributed by atoms with Crippen LogP contribution in [0, 0.1) is 20.2 Å². The van der Waals surface area contributed by atoms with Crippen LogP contribution in [0.2, 0.25) is 0 Å². The third-order valence-electron chi connectivity index (χ3n) is 3.97. The van der Waals surface area contributed by atoms with E-state index in [1.165, 1.54) is 0 Å². The van der Waals surface area contributed by atoms with E-state index in [-0.39, 0.29) is 12.1 Å². The quantitative estimate of drug-likeness (QED) is 0.485. The van der Waals surface area contributed by atoms with E-state index in [2.05, 4.69) is 10.3 Å². The second kappa shape index (κ2) is 7.70. The zero-order chi connectivity index (χ0) is 20.3. The molecule has 11 heteroatoms. The number of aromatic nitrogens is 2. The van der Waals surface area contributed by atoms with Gasteiger partial charge in [-0.1, -0.05) is 0 Å². The summed E-state index contributed by atoms with van der Waals surface area (Å²) in [6.07, 6.45) is 4.00. The first-order valence-corrected chi connectivity index (χ1v) is 8.11. The predicted molar refractivity (Wildman–Crippen MR) is 97.5 cm³/mol. The number of imidazole rings is 1. The fourth-order valence-electron chi connectivity index (χ4n) is 2.66. The number of nitro groups is 2. The molecule has 0 fully saturated rings. The topological polar surface area (TPSA) is 142 Å². The van der Waals surface area contributed by atoms with Crippen molar-refractivity contribution < 1.29 is 19.4 Å². The maximum absolute atomic E-state index is 12.3. The van der Waals surface area contributed by atoms with Crippen molar-refractivity contribution in [2.45, 2.75) is 6.42 Å². The van der Waals surface area contributed by atoms with Gasteiger partial charge in [0.2, 0.25) is 0 Å². The molecular weight excluding hydrogens is 370 g/mol. The number of nitro benzene ring substituents is 2. The molecule has 3 aromatic rings. The van der Waals surface area contributed by atoms with E-state index in [1.807, 2.05) is 12.3 Å². The predicted octanol–water partition coefficient (Wildman–Crippen LogP) is 2.13. The van der Waals surface area contributed by atoms with Gasteiger partial charge in [-0.2, -0.15) is 0 Å². The van der Waals surface area contributed by atoms with E-state index in [0.717, 1.165) is 18.2 Å². The molecule has 0 bridgehead atoms. The second-order valence-corrected chi connectivity index (χ2v) is 5.80. The second-order valence-electron chi connectivity index (χ2n) is 5.80. The highest BCUT2D eigenvalue weighted by molar-refractivity contribution is 5.95. The fraction of sp³-hybridized carbons (Fsp3) is 0.176. The molecule has 0 unspecified atom stereocenters. The van der Waals surface area contributed by atoms with Gasteiger partial charge in [0.25, 0.3) is 17.3 Å². The molecule has 1 N–H and O–H groups in total. The molecule has 144 valence electrons. The summed E-state index contributed by atoms with van der Waals surface area (Å²) in [6, 6.07) is 6.40. The zero-order valence-electron chi connectivity index (χ0n) is 14.7. The van der Waals surface area contributed by atoms with Crippen LogP contribution in [0.1, 0.15) is 16.1 Å². The number of ether oxygens (including phenoxy) is 1. The Labute approximate surface area is 157 Å². The van der Waals surface area contributed by atoms with Gasteiger partial charge in [0, 0.05) is 37.5 Å². The summed E-state index contributed by atoms with van der Waals surface area (Å²) in [7, 11) is 1.54. The number of non-ortho nitro benzene ring substituents is 2. The van der Waals surface area contributed by atoms with E-state index >= 15 is 0 Å².